The van der Waals surface area contributed by atoms with Crippen LogP contribution in [0.3, 0.4) is 0 Å². The number of carbonyl (C=O) groups excluding carboxylic acids is 1. The number of hydrogen-bond acceptors (Lipinski definition) is 2. The molecule has 0 aliphatic carbocycles. The standard InChI is InChI=1S/C15H14Br2F2NO2.Y/c1-2-22-9-3-4-10(12(17)7-9)13-6-5-11(16)15(21)20(13)8-14(18)19;/h3-4,7,11,14H,2,5,8H2,1H3;/q-1;. The maximum atomic E-state index is 12.8. The second kappa shape index (κ2) is 9.59. The zero-order valence-electron chi connectivity index (χ0n) is 12.4. The first-order valence-corrected chi connectivity index (χ1v) is 8.42. The average Bonchev–Trinajstić information content (AvgIpc) is 2.45. The van der Waals surface area contributed by atoms with Gasteiger partial charge in [0, 0.05) is 32.7 Å². The molecule has 1 aromatic rings. The maximum Gasteiger partial charge on any atom is 0.256 e. The van der Waals surface area contributed by atoms with Crippen molar-refractivity contribution in [3.05, 3.63) is 34.3 Å². The van der Waals surface area contributed by atoms with Gasteiger partial charge in [0.25, 0.3) is 6.43 Å². The minimum atomic E-state index is -2.61. The molecule has 0 bridgehead atoms. The van der Waals surface area contributed by atoms with Gasteiger partial charge >= 0.3 is 0 Å². The quantitative estimate of drug-likeness (QED) is 0.424. The molecule has 0 aromatic heterocycles. The number of alkyl halides is 3. The number of allylic oxidation sites excluding steroid dienone is 1. The first-order chi connectivity index (χ1) is 10.4. The van der Waals surface area contributed by atoms with Gasteiger partial charge in [0.15, 0.2) is 0 Å². The van der Waals surface area contributed by atoms with E-state index in [0.29, 0.717) is 34.5 Å². The van der Waals surface area contributed by atoms with Crippen LogP contribution >= 0.6 is 31.9 Å². The van der Waals surface area contributed by atoms with Gasteiger partial charge in [-0.05, 0) is 19.1 Å². The second-order valence-corrected chi connectivity index (χ2v) is 6.57. The Labute approximate surface area is 176 Å². The van der Waals surface area contributed by atoms with Crippen LogP contribution in [0.15, 0.2) is 22.7 Å². The van der Waals surface area contributed by atoms with Crippen LogP contribution in [0, 0.1) is 6.08 Å². The Morgan fingerprint density at radius 2 is 2.17 bits per heavy atom. The minimum absolute atomic E-state index is 0. The van der Waals surface area contributed by atoms with Crippen LogP contribution < -0.4 is 4.74 Å². The molecule has 0 fully saturated rings. The van der Waals surface area contributed by atoms with Gasteiger partial charge in [-0.2, -0.15) is 0 Å². The molecule has 0 saturated carbocycles. The topological polar surface area (TPSA) is 29.5 Å². The molecule has 1 aromatic carbocycles. The molecule has 2 rings (SSSR count). The predicted octanol–water partition coefficient (Wildman–Crippen LogP) is 4.25. The van der Waals surface area contributed by atoms with Crippen LogP contribution in [0.5, 0.6) is 5.75 Å². The third-order valence-electron chi connectivity index (χ3n) is 3.08. The number of nitrogens with zero attached hydrogens (tertiary/aromatic N) is 1. The number of amides is 1. The Morgan fingerprint density at radius 3 is 2.74 bits per heavy atom. The molecule has 123 valence electrons. The van der Waals surface area contributed by atoms with Gasteiger partial charge in [0.2, 0.25) is 5.91 Å². The number of halogens is 4. The number of carbonyl (C=O) groups is 1. The fourth-order valence-corrected chi connectivity index (χ4v) is 3.11. The summed E-state index contributed by atoms with van der Waals surface area (Å²) in [6, 6.07) is 5.22. The maximum absolute atomic E-state index is 12.8. The zero-order chi connectivity index (χ0) is 16.3. The van der Waals surface area contributed by atoms with Gasteiger partial charge in [0.1, 0.15) is 5.75 Å². The predicted molar refractivity (Wildman–Crippen MR) is 87.0 cm³/mol. The SMILES string of the molecule is CCOc1ccc(C2=[C-]CC(Br)C(=O)N2CC(F)F)c(Br)c1.[Y]. The summed E-state index contributed by atoms with van der Waals surface area (Å²) in [7, 11) is 0. The molecular weight excluding hydrogens is 513 g/mol. The zero-order valence-corrected chi connectivity index (χ0v) is 18.4. The van der Waals surface area contributed by atoms with Gasteiger partial charge in [-0.1, -0.05) is 42.8 Å². The van der Waals surface area contributed by atoms with E-state index in [0.717, 1.165) is 4.90 Å². The molecule has 1 aliphatic rings. The van der Waals surface area contributed by atoms with Crippen molar-refractivity contribution in [1.29, 1.82) is 0 Å². The van der Waals surface area contributed by atoms with E-state index in [1.807, 2.05) is 6.92 Å². The second-order valence-electron chi connectivity index (χ2n) is 4.61. The molecule has 1 heterocycles. The molecule has 0 saturated heterocycles. The minimum Gasteiger partial charge on any atom is -0.494 e. The van der Waals surface area contributed by atoms with Crippen molar-refractivity contribution in [2.24, 2.45) is 0 Å². The third kappa shape index (κ3) is 5.31. The van der Waals surface area contributed by atoms with Crippen LogP contribution in [-0.4, -0.2) is 35.2 Å². The fourth-order valence-electron chi connectivity index (χ4n) is 2.15. The Bertz CT molecular complexity index is 599. The summed E-state index contributed by atoms with van der Waals surface area (Å²) in [6.07, 6.45) is 0.764. The van der Waals surface area contributed by atoms with Crippen LogP contribution in [0.2, 0.25) is 0 Å². The summed E-state index contributed by atoms with van der Waals surface area (Å²) in [5.74, 6) is 0.287. The molecular formula is C15H14Br2F2NO2Y-. The number of rotatable bonds is 5. The van der Waals surface area contributed by atoms with Crippen molar-refractivity contribution in [3.8, 4) is 5.75 Å². The van der Waals surface area contributed by atoms with Crippen LogP contribution in [-0.2, 0) is 37.5 Å². The Kier molecular flexibility index (Phi) is 8.84. The molecule has 1 atom stereocenters. The fraction of sp³-hybridized carbons (Fsp3) is 0.400. The number of ether oxygens (including phenoxy) is 1. The molecule has 1 unspecified atom stereocenters. The molecule has 0 N–H and O–H groups in total. The van der Waals surface area contributed by atoms with Gasteiger partial charge in [-0.3, -0.25) is 4.79 Å². The van der Waals surface area contributed by atoms with Crippen LogP contribution in [0.25, 0.3) is 5.70 Å². The Morgan fingerprint density at radius 1 is 1.48 bits per heavy atom. The van der Waals surface area contributed by atoms with Crippen molar-refractivity contribution >= 4 is 43.5 Å². The van der Waals surface area contributed by atoms with Gasteiger partial charge in [-0.15, -0.1) is 17.3 Å². The molecule has 3 nitrogen and oxygen atoms in total. The Hall–Kier alpha value is 0.154. The number of benzene rings is 1. The summed E-state index contributed by atoms with van der Waals surface area (Å²) in [4.78, 5) is 12.7. The molecule has 8 heteroatoms. The Balaban J connectivity index is 0.00000264. The van der Waals surface area contributed by atoms with E-state index in [1.54, 1.807) is 18.2 Å². The summed E-state index contributed by atoms with van der Waals surface area (Å²) in [5, 5.41) is 0. The molecule has 23 heavy (non-hydrogen) atoms. The summed E-state index contributed by atoms with van der Waals surface area (Å²) >= 11 is 6.59. The average molecular weight is 527 g/mol. The van der Waals surface area contributed by atoms with E-state index in [-0.39, 0.29) is 38.6 Å². The van der Waals surface area contributed by atoms with E-state index in [9.17, 15) is 13.6 Å². The molecule has 1 radical (unpaired) electrons. The van der Waals surface area contributed by atoms with E-state index in [2.05, 4.69) is 37.9 Å². The van der Waals surface area contributed by atoms with E-state index >= 15 is 0 Å². The van der Waals surface area contributed by atoms with Crippen LogP contribution in [0.1, 0.15) is 18.9 Å². The summed E-state index contributed by atoms with van der Waals surface area (Å²) in [5.41, 5.74) is 1.01. The first-order valence-electron chi connectivity index (χ1n) is 6.71. The third-order valence-corrected chi connectivity index (χ3v) is 4.45. The van der Waals surface area contributed by atoms with Crippen molar-refractivity contribution in [3.63, 3.8) is 0 Å². The van der Waals surface area contributed by atoms with Crippen molar-refractivity contribution < 1.29 is 51.0 Å². The van der Waals surface area contributed by atoms with Gasteiger partial charge < -0.3 is 9.64 Å². The normalized spacial score (nSPS) is 17.8. The van der Waals surface area contributed by atoms with E-state index in [1.165, 1.54) is 0 Å². The van der Waals surface area contributed by atoms with Crippen molar-refractivity contribution in [2.45, 2.75) is 24.6 Å². The molecule has 1 amide bonds. The van der Waals surface area contributed by atoms with E-state index in [4.69, 9.17) is 4.74 Å². The molecule has 1 aliphatic heterocycles. The summed E-state index contributed by atoms with van der Waals surface area (Å²) in [6.45, 7) is 1.75. The first kappa shape index (κ1) is 21.2. The van der Waals surface area contributed by atoms with Crippen molar-refractivity contribution in [1.82, 2.24) is 4.90 Å². The van der Waals surface area contributed by atoms with Gasteiger partial charge in [-0.25, -0.2) is 14.9 Å². The molecule has 0 spiro atoms. The number of hydrogen-bond donors (Lipinski definition) is 0. The van der Waals surface area contributed by atoms with Crippen molar-refractivity contribution in [2.75, 3.05) is 13.2 Å². The van der Waals surface area contributed by atoms with Gasteiger partial charge in [0.05, 0.1) is 18.0 Å². The van der Waals surface area contributed by atoms with E-state index < -0.39 is 17.8 Å². The smallest absolute Gasteiger partial charge is 0.256 e. The largest absolute Gasteiger partial charge is 0.494 e. The van der Waals surface area contributed by atoms with Crippen LogP contribution in [0.4, 0.5) is 8.78 Å². The monoisotopic (exact) mass is 525 g/mol. The summed E-state index contributed by atoms with van der Waals surface area (Å²) < 4.78 is 31.6.